The lowest BCUT2D eigenvalue weighted by Gasteiger charge is -2.37. The van der Waals surface area contributed by atoms with Crippen molar-refractivity contribution in [2.45, 2.75) is 39.9 Å². The molecule has 104 valence electrons. The second kappa shape index (κ2) is 5.88. The van der Waals surface area contributed by atoms with Gasteiger partial charge >= 0.3 is 0 Å². The number of aryl methyl sites for hydroxylation is 1. The Kier molecular flexibility index (Phi) is 4.42. The SMILES string of the molecule is Cc1cccc(NC(=S)N2C[C@@H](C)O[C@H](C)C2)c1C. The van der Waals surface area contributed by atoms with Crippen LogP contribution in [0.4, 0.5) is 5.69 Å². The van der Waals surface area contributed by atoms with Gasteiger partial charge < -0.3 is 15.0 Å². The summed E-state index contributed by atoms with van der Waals surface area (Å²) in [4.78, 5) is 2.19. The van der Waals surface area contributed by atoms with Crippen LogP contribution >= 0.6 is 12.2 Å². The van der Waals surface area contributed by atoms with Gasteiger partial charge in [0.1, 0.15) is 0 Å². The molecule has 1 aliphatic heterocycles. The van der Waals surface area contributed by atoms with Gasteiger partial charge in [0.05, 0.1) is 12.2 Å². The molecule has 0 bridgehead atoms. The molecule has 2 rings (SSSR count). The molecule has 0 aromatic heterocycles. The summed E-state index contributed by atoms with van der Waals surface area (Å²) in [6, 6.07) is 6.24. The normalized spacial score (nSPS) is 23.3. The molecule has 0 radical (unpaired) electrons. The van der Waals surface area contributed by atoms with Crippen LogP contribution in [0.25, 0.3) is 0 Å². The Labute approximate surface area is 120 Å². The minimum atomic E-state index is 0.224. The van der Waals surface area contributed by atoms with E-state index in [0.29, 0.717) is 0 Å². The predicted octanol–water partition coefficient (Wildman–Crippen LogP) is 3.11. The van der Waals surface area contributed by atoms with E-state index in [1.165, 1.54) is 11.1 Å². The van der Waals surface area contributed by atoms with Crippen LogP contribution in [0.2, 0.25) is 0 Å². The quantitative estimate of drug-likeness (QED) is 0.798. The smallest absolute Gasteiger partial charge is 0.173 e. The van der Waals surface area contributed by atoms with Crippen LogP contribution in [-0.4, -0.2) is 35.3 Å². The minimum absolute atomic E-state index is 0.224. The molecule has 0 aliphatic carbocycles. The number of nitrogens with zero attached hydrogens (tertiary/aromatic N) is 1. The van der Waals surface area contributed by atoms with Gasteiger partial charge in [-0.15, -0.1) is 0 Å². The highest BCUT2D eigenvalue weighted by Crippen LogP contribution is 2.19. The van der Waals surface area contributed by atoms with Crippen molar-refractivity contribution in [1.82, 2.24) is 4.90 Å². The Balaban J connectivity index is 2.06. The van der Waals surface area contributed by atoms with E-state index in [4.69, 9.17) is 17.0 Å². The standard InChI is InChI=1S/C15H22N2OS/c1-10-6-5-7-14(13(10)4)16-15(19)17-8-11(2)18-12(3)9-17/h5-7,11-12H,8-9H2,1-4H3,(H,16,19)/t11-,12-/m1/s1. The zero-order valence-corrected chi connectivity index (χ0v) is 12.9. The van der Waals surface area contributed by atoms with Crippen molar-refractivity contribution in [1.29, 1.82) is 0 Å². The zero-order chi connectivity index (χ0) is 14.0. The van der Waals surface area contributed by atoms with E-state index >= 15 is 0 Å². The van der Waals surface area contributed by atoms with Gasteiger partial charge in [-0.2, -0.15) is 0 Å². The molecule has 1 saturated heterocycles. The number of benzene rings is 1. The number of hydrogen-bond acceptors (Lipinski definition) is 2. The van der Waals surface area contributed by atoms with Crippen LogP contribution in [0.3, 0.4) is 0 Å². The first-order valence-corrected chi connectivity index (χ1v) is 7.16. The molecular weight excluding hydrogens is 256 g/mol. The highest BCUT2D eigenvalue weighted by Gasteiger charge is 2.24. The van der Waals surface area contributed by atoms with Gasteiger partial charge in [0.15, 0.2) is 5.11 Å². The minimum Gasteiger partial charge on any atom is -0.372 e. The van der Waals surface area contributed by atoms with Crippen LogP contribution in [0.5, 0.6) is 0 Å². The third-order valence-corrected chi connectivity index (χ3v) is 3.91. The van der Waals surface area contributed by atoms with Gasteiger partial charge in [-0.25, -0.2) is 0 Å². The lowest BCUT2D eigenvalue weighted by Crippen LogP contribution is -2.49. The summed E-state index contributed by atoms with van der Waals surface area (Å²) in [6.07, 6.45) is 0.448. The van der Waals surface area contributed by atoms with Gasteiger partial charge in [-0.05, 0) is 57.1 Å². The third-order valence-electron chi connectivity index (χ3n) is 3.55. The van der Waals surface area contributed by atoms with E-state index in [0.717, 1.165) is 23.9 Å². The molecule has 2 atom stereocenters. The number of hydrogen-bond donors (Lipinski definition) is 1. The largest absolute Gasteiger partial charge is 0.372 e. The molecule has 0 saturated carbocycles. The van der Waals surface area contributed by atoms with Crippen molar-refractivity contribution in [2.24, 2.45) is 0 Å². The van der Waals surface area contributed by atoms with Crippen LogP contribution in [0.1, 0.15) is 25.0 Å². The molecular formula is C15H22N2OS. The van der Waals surface area contributed by atoms with Crippen LogP contribution in [0.15, 0.2) is 18.2 Å². The van der Waals surface area contributed by atoms with Gasteiger partial charge in [0.2, 0.25) is 0 Å². The molecule has 4 heteroatoms. The fourth-order valence-corrected chi connectivity index (χ4v) is 2.68. The molecule has 1 fully saturated rings. The van der Waals surface area contributed by atoms with Crippen molar-refractivity contribution in [3.8, 4) is 0 Å². The summed E-state index contributed by atoms with van der Waals surface area (Å²) in [5, 5.41) is 4.15. The topological polar surface area (TPSA) is 24.5 Å². The summed E-state index contributed by atoms with van der Waals surface area (Å²) in [6.45, 7) is 10.1. The fourth-order valence-electron chi connectivity index (χ4n) is 2.42. The Morgan fingerprint density at radius 2 is 1.89 bits per heavy atom. The van der Waals surface area contributed by atoms with E-state index in [-0.39, 0.29) is 12.2 Å². The molecule has 1 heterocycles. The number of nitrogens with one attached hydrogen (secondary N) is 1. The first-order valence-electron chi connectivity index (χ1n) is 6.75. The highest BCUT2D eigenvalue weighted by atomic mass is 32.1. The molecule has 0 spiro atoms. The monoisotopic (exact) mass is 278 g/mol. The molecule has 1 N–H and O–H groups in total. The summed E-state index contributed by atoms with van der Waals surface area (Å²) < 4.78 is 5.73. The van der Waals surface area contributed by atoms with Gasteiger partial charge in [-0.3, -0.25) is 0 Å². The lowest BCUT2D eigenvalue weighted by molar-refractivity contribution is -0.0473. The van der Waals surface area contributed by atoms with Gasteiger partial charge in [0, 0.05) is 18.8 Å². The maximum absolute atomic E-state index is 5.73. The number of morpholine rings is 1. The molecule has 19 heavy (non-hydrogen) atoms. The Bertz CT molecular complexity index is 465. The van der Waals surface area contributed by atoms with Crippen molar-refractivity contribution >= 4 is 23.0 Å². The summed E-state index contributed by atoms with van der Waals surface area (Å²) in [5.74, 6) is 0. The Morgan fingerprint density at radius 3 is 2.53 bits per heavy atom. The molecule has 3 nitrogen and oxygen atoms in total. The Hall–Kier alpha value is -1.13. The maximum atomic E-state index is 5.73. The van der Waals surface area contributed by atoms with E-state index in [9.17, 15) is 0 Å². The van der Waals surface area contributed by atoms with Crippen molar-refractivity contribution in [3.05, 3.63) is 29.3 Å². The molecule has 0 unspecified atom stereocenters. The molecule has 1 aromatic rings. The number of anilines is 1. The first-order chi connectivity index (χ1) is 8.97. The highest BCUT2D eigenvalue weighted by molar-refractivity contribution is 7.80. The predicted molar refractivity (Wildman–Crippen MR) is 83.7 cm³/mol. The second-order valence-corrected chi connectivity index (χ2v) is 5.73. The zero-order valence-electron chi connectivity index (χ0n) is 12.1. The van der Waals surface area contributed by atoms with Crippen molar-refractivity contribution < 1.29 is 4.74 Å². The third kappa shape index (κ3) is 3.45. The molecule has 1 aliphatic rings. The van der Waals surface area contributed by atoms with E-state index in [2.05, 4.69) is 56.1 Å². The lowest BCUT2D eigenvalue weighted by atomic mass is 10.1. The second-order valence-electron chi connectivity index (χ2n) is 5.34. The van der Waals surface area contributed by atoms with Gasteiger partial charge in [-0.1, -0.05) is 12.1 Å². The average Bonchev–Trinajstić information content (AvgIpc) is 2.33. The average molecular weight is 278 g/mol. The summed E-state index contributed by atoms with van der Waals surface area (Å²) in [7, 11) is 0. The van der Waals surface area contributed by atoms with E-state index in [1.807, 2.05) is 0 Å². The van der Waals surface area contributed by atoms with Crippen LogP contribution in [0, 0.1) is 13.8 Å². The summed E-state index contributed by atoms with van der Waals surface area (Å²) in [5.41, 5.74) is 3.62. The van der Waals surface area contributed by atoms with Crippen molar-refractivity contribution in [2.75, 3.05) is 18.4 Å². The first kappa shape index (κ1) is 14.3. The Morgan fingerprint density at radius 1 is 1.26 bits per heavy atom. The molecule has 0 amide bonds. The van der Waals surface area contributed by atoms with Crippen molar-refractivity contribution in [3.63, 3.8) is 0 Å². The fraction of sp³-hybridized carbons (Fsp3) is 0.533. The summed E-state index contributed by atoms with van der Waals surface area (Å²) >= 11 is 5.52. The number of rotatable bonds is 1. The van der Waals surface area contributed by atoms with Gasteiger partial charge in [0.25, 0.3) is 0 Å². The maximum Gasteiger partial charge on any atom is 0.173 e. The van der Waals surface area contributed by atoms with E-state index < -0.39 is 0 Å². The van der Waals surface area contributed by atoms with Crippen LogP contribution in [-0.2, 0) is 4.74 Å². The molecule has 1 aromatic carbocycles. The van der Waals surface area contributed by atoms with E-state index in [1.54, 1.807) is 0 Å². The number of thiocarbonyl (C=S) groups is 1. The van der Waals surface area contributed by atoms with Crippen LogP contribution < -0.4 is 5.32 Å². The number of ether oxygens (including phenoxy) is 1.